The van der Waals surface area contributed by atoms with E-state index in [1.165, 1.54) is 66.8 Å². The summed E-state index contributed by atoms with van der Waals surface area (Å²) >= 11 is 0. The molecule has 6 aromatic heterocycles. The third kappa shape index (κ3) is 13.6. The first kappa shape index (κ1) is 79.4. The maximum Gasteiger partial charge on any atom is 0.164 e. The average molecular weight is 1770 g/mol. The Kier molecular flexibility index (Phi) is 18.9. The molecule has 30 rings (SSSR count). The van der Waals surface area contributed by atoms with Crippen LogP contribution in [0, 0.1) is 0 Å². The van der Waals surface area contributed by atoms with Crippen molar-refractivity contribution in [3.8, 4) is 159 Å². The monoisotopic (exact) mass is 1760 g/mol. The molecule has 0 N–H and O–H groups in total. The van der Waals surface area contributed by atoms with Crippen molar-refractivity contribution in [3.05, 3.63) is 504 Å². The minimum Gasteiger partial charge on any atom is -0.456 e. The second-order valence-corrected chi connectivity index (χ2v) is 35.5. The van der Waals surface area contributed by atoms with Crippen LogP contribution in [0.4, 0.5) is 0 Å². The van der Waals surface area contributed by atoms with Crippen molar-refractivity contribution < 1.29 is 8.83 Å². The second-order valence-electron chi connectivity index (χ2n) is 35.5. The van der Waals surface area contributed by atoms with E-state index >= 15 is 0 Å². The van der Waals surface area contributed by atoms with Crippen molar-refractivity contribution >= 4 is 43.9 Å². The molecule has 14 heteroatoms. The van der Waals surface area contributed by atoms with E-state index in [9.17, 15) is 0 Å². The number of aromatic nitrogens is 12. The Morgan fingerprint density at radius 3 is 0.681 bits per heavy atom. The largest absolute Gasteiger partial charge is 0.456 e. The van der Waals surface area contributed by atoms with Gasteiger partial charge in [-0.25, -0.2) is 59.8 Å². The van der Waals surface area contributed by atoms with Gasteiger partial charge in [0.1, 0.15) is 22.3 Å². The van der Waals surface area contributed by atoms with Crippen LogP contribution in [-0.2, 0) is 0 Å². The van der Waals surface area contributed by atoms with Gasteiger partial charge in [0.25, 0.3) is 0 Å². The lowest BCUT2D eigenvalue weighted by Gasteiger charge is -2.42. The fourth-order valence-electron chi connectivity index (χ4n) is 21.3. The molecule has 4 bridgehead atoms. The summed E-state index contributed by atoms with van der Waals surface area (Å²) < 4.78 is 12.6. The van der Waals surface area contributed by atoms with E-state index < -0.39 is 0 Å². The number of rotatable bonds is 14. The molecule has 18 aromatic carbocycles. The molecular formula is C124H76N12O2. The molecule has 138 heavy (non-hydrogen) atoms. The summed E-state index contributed by atoms with van der Waals surface area (Å²) in [5.41, 5.74) is 34.4. The fraction of sp³-hybridized carbons (Fsp3) is 0.0323. The van der Waals surface area contributed by atoms with E-state index in [-0.39, 0.29) is 23.7 Å². The van der Waals surface area contributed by atoms with Gasteiger partial charge < -0.3 is 8.83 Å². The zero-order valence-electron chi connectivity index (χ0n) is 74.1. The minimum absolute atomic E-state index is 0.00391. The van der Waals surface area contributed by atoms with E-state index in [0.717, 1.165) is 133 Å². The van der Waals surface area contributed by atoms with Gasteiger partial charge in [-0.05, 0) is 144 Å². The molecule has 0 spiro atoms. The normalized spacial score (nSPS) is 14.4. The molecule has 6 heterocycles. The van der Waals surface area contributed by atoms with E-state index in [1.54, 1.807) is 0 Å². The van der Waals surface area contributed by atoms with Gasteiger partial charge in [0.15, 0.2) is 69.9 Å². The quantitative estimate of drug-likeness (QED) is 0.100. The maximum atomic E-state index is 6.34. The van der Waals surface area contributed by atoms with Crippen molar-refractivity contribution in [2.45, 2.75) is 23.7 Å². The van der Waals surface area contributed by atoms with Crippen molar-refractivity contribution in [2.75, 3.05) is 0 Å². The zero-order valence-corrected chi connectivity index (χ0v) is 74.1. The Morgan fingerprint density at radius 1 is 0.130 bits per heavy atom. The summed E-state index contributed by atoms with van der Waals surface area (Å²) in [6.07, 6.45) is 0. The Hall–Kier alpha value is -18.4. The highest BCUT2D eigenvalue weighted by Crippen LogP contribution is 2.59. The Morgan fingerprint density at radius 2 is 0.348 bits per heavy atom. The molecule has 0 fully saturated rings. The first-order valence-corrected chi connectivity index (χ1v) is 46.5. The van der Waals surface area contributed by atoms with E-state index in [4.69, 9.17) is 68.6 Å². The third-order valence-corrected chi connectivity index (χ3v) is 27.5. The molecule has 14 nitrogen and oxygen atoms in total. The topological polar surface area (TPSA) is 181 Å². The molecule has 0 aliphatic heterocycles. The third-order valence-electron chi connectivity index (χ3n) is 27.5. The predicted octanol–water partition coefficient (Wildman–Crippen LogP) is 29.2. The molecule has 24 aromatic rings. The van der Waals surface area contributed by atoms with Gasteiger partial charge in [-0.3, -0.25) is 0 Å². The molecular weight excluding hydrogens is 1690 g/mol. The van der Waals surface area contributed by atoms with Crippen LogP contribution in [0.15, 0.2) is 446 Å². The SMILES string of the molecule is c1ccc(-c2nc(-c3ccccc3)nc(-c3ccc4c(c3)C3c5ccccc5C4c4cc(-c5nc(-c6ccccc6)nc(-c6cccc(-c7cccc8oc9ccccc9c78)c6)n5)ccc43)n2)cc1.c1ccc(-c2nc(-c3ccccc3)nc(-c3ccc4c(c3)C3c5ccccc5C4c4cc(-c5nc(-c6ccccc6)nc(-c6ccccc6-c6cccc7oc8ccccc8c67)n5)ccc43)n2)cc1. The van der Waals surface area contributed by atoms with Crippen molar-refractivity contribution in [1.29, 1.82) is 0 Å². The van der Waals surface area contributed by atoms with E-state index in [2.05, 4.69) is 243 Å². The van der Waals surface area contributed by atoms with Crippen LogP contribution in [-0.4, -0.2) is 59.8 Å². The molecule has 644 valence electrons. The van der Waals surface area contributed by atoms with Gasteiger partial charge >= 0.3 is 0 Å². The van der Waals surface area contributed by atoms with Crippen LogP contribution in [0.2, 0.25) is 0 Å². The number of hydrogen-bond acceptors (Lipinski definition) is 14. The van der Waals surface area contributed by atoms with Crippen LogP contribution in [0.1, 0.15) is 90.4 Å². The standard InChI is InChI=1S/2C62H38N6O/c1-4-17-37(18-5-1)57-63-58(38-19-6-2-7-20-38)65-60(64-57)40-31-33-46-50(35-40)54-44-24-11-12-25-45(44)55(46)51-36-41(32-34-47(51)54)61-66-59(39-21-8-3-9-22-39)67-62(68-61)48-26-13-10-23-42(48)43-28-16-30-53-56(43)49-27-14-15-29-52(49)69-53;1-4-16-37(17-5-1)57-63-58(38-18-6-2-7-19-38)66-61(65-57)42-30-32-47-50(35-42)54-45-24-10-11-25-46(45)55(47)51-36-43(31-33-48(51)54)62-67-59(39-20-8-3-9-21-39)64-60(68-62)41-23-14-22-40(34-41)44-27-15-29-53-56(44)49-26-12-13-28-52(49)69-53/h2*1-36,54-55H. The first-order chi connectivity index (χ1) is 68.4. The summed E-state index contributed by atoms with van der Waals surface area (Å²) in [5, 5.41) is 4.32. The van der Waals surface area contributed by atoms with Crippen LogP contribution >= 0.6 is 0 Å². The lowest BCUT2D eigenvalue weighted by Crippen LogP contribution is -2.27. The van der Waals surface area contributed by atoms with Crippen LogP contribution in [0.25, 0.3) is 203 Å². The molecule has 0 amide bonds. The first-order valence-electron chi connectivity index (χ1n) is 46.5. The molecule has 6 aliphatic rings. The summed E-state index contributed by atoms with van der Waals surface area (Å²) in [4.78, 5) is 61.7. The summed E-state index contributed by atoms with van der Waals surface area (Å²) in [6, 6.07) is 152. The Bertz CT molecular complexity index is 8880. The van der Waals surface area contributed by atoms with Gasteiger partial charge in [-0.1, -0.05) is 382 Å². The number of furan rings is 2. The molecule has 0 saturated heterocycles. The molecule has 4 atom stereocenters. The predicted molar refractivity (Wildman–Crippen MR) is 547 cm³/mol. The van der Waals surface area contributed by atoms with Crippen molar-refractivity contribution in [1.82, 2.24) is 59.8 Å². The Balaban J connectivity index is 0.000000139. The van der Waals surface area contributed by atoms with Crippen LogP contribution in [0.5, 0.6) is 0 Å². The van der Waals surface area contributed by atoms with Gasteiger partial charge in [0, 0.05) is 112 Å². The van der Waals surface area contributed by atoms with Crippen molar-refractivity contribution in [3.63, 3.8) is 0 Å². The highest BCUT2D eigenvalue weighted by atomic mass is 16.3. The Labute approximate surface area is 793 Å². The fourth-order valence-corrected chi connectivity index (χ4v) is 21.3. The van der Waals surface area contributed by atoms with E-state index in [0.29, 0.717) is 69.9 Å². The zero-order chi connectivity index (χ0) is 90.8. The highest BCUT2D eigenvalue weighted by Gasteiger charge is 2.44. The van der Waals surface area contributed by atoms with Gasteiger partial charge in [-0.2, -0.15) is 0 Å². The lowest BCUT2D eigenvalue weighted by molar-refractivity contribution is 0.668. The number of para-hydroxylation sites is 2. The van der Waals surface area contributed by atoms with Crippen LogP contribution in [0.3, 0.4) is 0 Å². The highest BCUT2D eigenvalue weighted by molar-refractivity contribution is 6.14. The number of fused-ring (bicyclic) bond motifs is 6. The summed E-state index contributed by atoms with van der Waals surface area (Å²) in [7, 11) is 0. The summed E-state index contributed by atoms with van der Waals surface area (Å²) in [6.45, 7) is 0. The van der Waals surface area contributed by atoms with Crippen molar-refractivity contribution in [2.24, 2.45) is 0 Å². The van der Waals surface area contributed by atoms with Gasteiger partial charge in [0.2, 0.25) is 0 Å². The summed E-state index contributed by atoms with van der Waals surface area (Å²) in [5.74, 6) is 7.60. The van der Waals surface area contributed by atoms with Crippen LogP contribution < -0.4 is 0 Å². The average Bonchev–Trinajstić information content (AvgIpc) is 0.843. The molecule has 0 saturated carbocycles. The lowest BCUT2D eigenvalue weighted by atomic mass is 9.61. The molecule has 6 aliphatic carbocycles. The number of benzene rings is 18. The number of nitrogens with zero attached hydrogens (tertiary/aromatic N) is 12. The maximum absolute atomic E-state index is 6.34. The van der Waals surface area contributed by atoms with E-state index in [1.807, 2.05) is 194 Å². The van der Waals surface area contributed by atoms with Gasteiger partial charge in [0.05, 0.1) is 0 Å². The molecule has 0 radical (unpaired) electrons. The van der Waals surface area contributed by atoms with Gasteiger partial charge in [-0.15, -0.1) is 0 Å². The minimum atomic E-state index is 0.00391. The smallest absolute Gasteiger partial charge is 0.164 e. The number of hydrogen-bond donors (Lipinski definition) is 0. The second kappa shape index (κ2) is 32.8. The molecule has 4 unspecified atom stereocenters.